The van der Waals surface area contributed by atoms with Crippen molar-refractivity contribution in [2.24, 2.45) is 0 Å². The van der Waals surface area contributed by atoms with E-state index in [0.717, 1.165) is 13.1 Å². The van der Waals surface area contributed by atoms with Gasteiger partial charge in [0.05, 0.1) is 12.2 Å². The van der Waals surface area contributed by atoms with Crippen LogP contribution < -0.4 is 0 Å². The highest BCUT2D eigenvalue weighted by atomic mass is 19.1. The normalized spacial score (nSPS) is 27.1. The number of benzene rings is 1. The summed E-state index contributed by atoms with van der Waals surface area (Å²) < 4.78 is 19.5. The third-order valence-corrected chi connectivity index (χ3v) is 3.43. The predicted octanol–water partition coefficient (Wildman–Crippen LogP) is 2.70. The first-order valence-electron chi connectivity index (χ1n) is 6.35. The predicted molar refractivity (Wildman–Crippen MR) is 68.1 cm³/mol. The minimum atomic E-state index is -0.353. The molecule has 1 aromatic rings. The van der Waals surface area contributed by atoms with Gasteiger partial charge in [0.15, 0.2) is 0 Å². The number of hydrogen-bond acceptors (Lipinski definition) is 3. The number of aromatic hydroxyl groups is 1. The van der Waals surface area contributed by atoms with E-state index in [4.69, 9.17) is 4.74 Å². The van der Waals surface area contributed by atoms with Crippen LogP contribution in [0.5, 0.6) is 5.75 Å². The molecule has 1 fully saturated rings. The molecule has 18 heavy (non-hydrogen) atoms. The zero-order chi connectivity index (χ0) is 13.3. The molecule has 0 aromatic heterocycles. The van der Waals surface area contributed by atoms with Gasteiger partial charge in [-0.3, -0.25) is 4.90 Å². The molecule has 3 atom stereocenters. The number of morpholine rings is 1. The Morgan fingerprint density at radius 2 is 1.94 bits per heavy atom. The van der Waals surface area contributed by atoms with E-state index < -0.39 is 0 Å². The van der Waals surface area contributed by atoms with E-state index in [1.807, 2.05) is 20.8 Å². The monoisotopic (exact) mass is 253 g/mol. The van der Waals surface area contributed by atoms with E-state index in [9.17, 15) is 9.50 Å². The van der Waals surface area contributed by atoms with Crippen LogP contribution in [0.1, 0.15) is 32.4 Å². The van der Waals surface area contributed by atoms with Crippen LogP contribution in [0, 0.1) is 5.82 Å². The number of halogens is 1. The molecule has 1 aliphatic rings. The molecule has 1 aromatic carbocycles. The van der Waals surface area contributed by atoms with Crippen molar-refractivity contribution in [1.29, 1.82) is 0 Å². The lowest BCUT2D eigenvalue weighted by Crippen LogP contribution is -2.46. The van der Waals surface area contributed by atoms with Crippen molar-refractivity contribution in [2.45, 2.75) is 39.0 Å². The fraction of sp³-hybridized carbons (Fsp3) is 0.571. The van der Waals surface area contributed by atoms with Crippen LogP contribution in [0.2, 0.25) is 0 Å². The number of ether oxygens (including phenoxy) is 1. The summed E-state index contributed by atoms with van der Waals surface area (Å²) in [5, 5.41) is 9.24. The van der Waals surface area contributed by atoms with Gasteiger partial charge in [-0.25, -0.2) is 4.39 Å². The molecule has 0 amide bonds. The Balaban J connectivity index is 2.17. The van der Waals surface area contributed by atoms with Crippen LogP contribution in [0.25, 0.3) is 0 Å². The molecule has 0 saturated carbocycles. The largest absolute Gasteiger partial charge is 0.508 e. The summed E-state index contributed by atoms with van der Waals surface area (Å²) in [7, 11) is 0. The third-order valence-electron chi connectivity index (χ3n) is 3.43. The van der Waals surface area contributed by atoms with Crippen molar-refractivity contribution in [3.63, 3.8) is 0 Å². The standard InChI is InChI=1S/C14H20FNO2/c1-9-7-16(8-10(2)18-9)11(3)13-5-4-12(17)6-14(13)15/h4-6,9-11,17H,7-8H2,1-3H3/t9-,10+,11?. The fourth-order valence-corrected chi connectivity index (χ4v) is 2.59. The first-order chi connectivity index (χ1) is 8.47. The van der Waals surface area contributed by atoms with E-state index in [0.29, 0.717) is 5.56 Å². The Kier molecular flexibility index (Phi) is 3.88. The second-order valence-corrected chi connectivity index (χ2v) is 5.09. The van der Waals surface area contributed by atoms with Crippen LogP contribution >= 0.6 is 0 Å². The van der Waals surface area contributed by atoms with Gasteiger partial charge < -0.3 is 9.84 Å². The lowest BCUT2D eigenvalue weighted by atomic mass is 10.0. The van der Waals surface area contributed by atoms with Crippen LogP contribution in [-0.2, 0) is 4.74 Å². The molecule has 3 nitrogen and oxygen atoms in total. The zero-order valence-corrected chi connectivity index (χ0v) is 11.1. The molecular weight excluding hydrogens is 233 g/mol. The molecule has 1 unspecified atom stereocenters. The molecule has 0 bridgehead atoms. The van der Waals surface area contributed by atoms with E-state index >= 15 is 0 Å². The average molecular weight is 253 g/mol. The minimum absolute atomic E-state index is 0.0144. The van der Waals surface area contributed by atoms with Gasteiger partial charge in [-0.05, 0) is 26.8 Å². The van der Waals surface area contributed by atoms with Crippen molar-refractivity contribution in [2.75, 3.05) is 13.1 Å². The van der Waals surface area contributed by atoms with Gasteiger partial charge in [0.2, 0.25) is 0 Å². The summed E-state index contributed by atoms with van der Waals surface area (Å²) in [5.41, 5.74) is 0.620. The number of rotatable bonds is 2. The van der Waals surface area contributed by atoms with Gasteiger partial charge >= 0.3 is 0 Å². The minimum Gasteiger partial charge on any atom is -0.508 e. The Hall–Kier alpha value is -1.13. The summed E-state index contributed by atoms with van der Waals surface area (Å²) in [4.78, 5) is 2.22. The van der Waals surface area contributed by atoms with Crippen LogP contribution in [0.15, 0.2) is 18.2 Å². The summed E-state index contributed by atoms with van der Waals surface area (Å²) in [6, 6.07) is 4.33. The molecule has 1 heterocycles. The first-order valence-corrected chi connectivity index (χ1v) is 6.35. The van der Waals surface area contributed by atoms with E-state index in [1.165, 1.54) is 12.1 Å². The smallest absolute Gasteiger partial charge is 0.131 e. The second kappa shape index (κ2) is 5.24. The van der Waals surface area contributed by atoms with Crippen molar-refractivity contribution < 1.29 is 14.2 Å². The van der Waals surface area contributed by atoms with E-state index in [1.54, 1.807) is 6.07 Å². The maximum Gasteiger partial charge on any atom is 0.131 e. The molecular formula is C14H20FNO2. The molecule has 1 saturated heterocycles. The van der Waals surface area contributed by atoms with Crippen molar-refractivity contribution in [3.8, 4) is 5.75 Å². The summed E-state index contributed by atoms with van der Waals surface area (Å²) in [6.45, 7) is 7.64. The van der Waals surface area contributed by atoms with E-state index in [2.05, 4.69) is 4.90 Å². The highest BCUT2D eigenvalue weighted by Crippen LogP contribution is 2.28. The molecule has 1 N–H and O–H groups in total. The van der Waals surface area contributed by atoms with Crippen LogP contribution in [-0.4, -0.2) is 35.3 Å². The number of phenolic OH excluding ortho intramolecular Hbond substituents is 1. The highest BCUT2D eigenvalue weighted by molar-refractivity contribution is 5.29. The average Bonchev–Trinajstić information content (AvgIpc) is 2.26. The van der Waals surface area contributed by atoms with Crippen LogP contribution in [0.3, 0.4) is 0 Å². The molecule has 1 aliphatic heterocycles. The van der Waals surface area contributed by atoms with Gasteiger partial charge in [-0.1, -0.05) is 6.07 Å². The molecule has 0 spiro atoms. The Morgan fingerprint density at radius 1 is 1.33 bits per heavy atom. The van der Waals surface area contributed by atoms with Gasteiger partial charge in [0, 0.05) is 30.8 Å². The molecule has 0 radical (unpaired) electrons. The van der Waals surface area contributed by atoms with Crippen molar-refractivity contribution >= 4 is 0 Å². The quantitative estimate of drug-likeness (QED) is 0.879. The third kappa shape index (κ3) is 2.82. The number of phenols is 1. The van der Waals surface area contributed by atoms with Gasteiger partial charge in [-0.2, -0.15) is 0 Å². The maximum absolute atomic E-state index is 13.8. The lowest BCUT2D eigenvalue weighted by molar-refractivity contribution is -0.0792. The summed E-state index contributed by atoms with van der Waals surface area (Å²) in [5.74, 6) is -0.388. The lowest BCUT2D eigenvalue weighted by Gasteiger charge is -2.39. The maximum atomic E-state index is 13.8. The summed E-state index contributed by atoms with van der Waals surface area (Å²) >= 11 is 0. The molecule has 100 valence electrons. The first kappa shape index (κ1) is 13.3. The Bertz CT molecular complexity index is 414. The molecule has 2 rings (SSSR count). The van der Waals surface area contributed by atoms with Crippen molar-refractivity contribution in [3.05, 3.63) is 29.6 Å². The van der Waals surface area contributed by atoms with Crippen LogP contribution in [0.4, 0.5) is 4.39 Å². The summed E-state index contributed by atoms with van der Waals surface area (Å²) in [6.07, 6.45) is 0.327. The van der Waals surface area contributed by atoms with Gasteiger partial charge in [0.1, 0.15) is 11.6 Å². The second-order valence-electron chi connectivity index (χ2n) is 5.09. The van der Waals surface area contributed by atoms with Gasteiger partial charge in [-0.15, -0.1) is 0 Å². The number of nitrogens with zero attached hydrogens (tertiary/aromatic N) is 1. The number of hydrogen-bond donors (Lipinski definition) is 1. The Morgan fingerprint density at radius 3 is 2.50 bits per heavy atom. The van der Waals surface area contributed by atoms with Gasteiger partial charge in [0.25, 0.3) is 0 Å². The van der Waals surface area contributed by atoms with Crippen molar-refractivity contribution in [1.82, 2.24) is 4.90 Å². The Labute approximate surface area is 107 Å². The van der Waals surface area contributed by atoms with E-state index in [-0.39, 0.29) is 29.8 Å². The molecule has 0 aliphatic carbocycles. The highest BCUT2D eigenvalue weighted by Gasteiger charge is 2.27. The zero-order valence-electron chi connectivity index (χ0n) is 11.1. The molecule has 4 heteroatoms. The topological polar surface area (TPSA) is 32.7 Å². The SMILES string of the molecule is CC(c1ccc(O)cc1F)N1C[C@@H](C)O[C@@H](C)C1. The fourth-order valence-electron chi connectivity index (χ4n) is 2.59.